The van der Waals surface area contributed by atoms with E-state index in [1.54, 1.807) is 65.7 Å². The van der Waals surface area contributed by atoms with Gasteiger partial charge in [-0.05, 0) is 139 Å². The number of ether oxygens (including phenoxy) is 6. The first kappa shape index (κ1) is 82.5. The third-order valence-electron chi connectivity index (χ3n) is 20.0. The molecule has 1 amide bonds. The largest absolute Gasteiger partial charge is 0.497 e. The van der Waals surface area contributed by atoms with Crippen molar-refractivity contribution in [1.29, 1.82) is 10.5 Å². The minimum Gasteiger partial charge on any atom is -0.497 e. The Morgan fingerprint density at radius 2 is 1.02 bits per heavy atom. The molecule has 29 nitrogen and oxygen atoms in total. The number of aromatic nitrogens is 12. The number of benzene rings is 7. The number of non-ortho nitro benzene ring substituents is 1. The minimum absolute atomic E-state index is 0.0770. The van der Waals surface area contributed by atoms with Gasteiger partial charge >= 0.3 is 6.09 Å². The van der Waals surface area contributed by atoms with E-state index in [0.29, 0.717) is 40.5 Å². The van der Waals surface area contributed by atoms with Crippen LogP contribution in [0.4, 0.5) is 22.0 Å². The Balaban J connectivity index is 0.000000130. The summed E-state index contributed by atoms with van der Waals surface area (Å²) in [6, 6.07) is 52.0. The van der Waals surface area contributed by atoms with Crippen LogP contribution in [0.5, 0.6) is 28.7 Å². The normalized spacial score (nSPS) is 10.8. The molecule has 118 heavy (non-hydrogen) atoms. The van der Waals surface area contributed by atoms with Crippen LogP contribution in [-0.2, 0) is 50.4 Å². The smallest absolute Gasteiger partial charge is 0.412 e. The third kappa shape index (κ3) is 17.2. The van der Waals surface area contributed by atoms with Crippen molar-refractivity contribution in [1.82, 2.24) is 58.1 Å². The van der Waals surface area contributed by atoms with Crippen molar-refractivity contribution in [2.24, 2.45) is 0 Å². The highest BCUT2D eigenvalue weighted by Gasteiger charge is 2.24. The molecule has 0 spiro atoms. The number of aromatic amines is 1. The van der Waals surface area contributed by atoms with Gasteiger partial charge in [0.25, 0.3) is 5.69 Å². The molecule has 604 valence electrons. The van der Waals surface area contributed by atoms with E-state index >= 15 is 0 Å². The van der Waals surface area contributed by atoms with Gasteiger partial charge in [0.15, 0.2) is 5.76 Å². The third-order valence-corrected chi connectivity index (χ3v) is 20.0. The number of nitrogen functional groups attached to an aromatic ring is 1. The Labute approximate surface area is 679 Å². The molecule has 29 heteroatoms. The SMILES string of the molecule is CCOC(=O)Nc1c(C#N)c2ccc([N+](=O)[O-])cc2n1CC.CCc1nnc(-c2cn(CC)c3cc(OC)ccc23)o1.CCn1c(-c2ccc(N)cc2)c(C#N)c2ccc(OC)cc21.CCn1cc(-c2ccn[nH]2)c2ccc(OC)cc21.CCn1cc(-c2ccno2)c2ccc(OC)cc21.CCn1cc(-c2ccon2)c2ccc(OC)cc21. The van der Waals surface area contributed by atoms with E-state index in [1.807, 2.05) is 129 Å². The highest BCUT2D eigenvalue weighted by atomic mass is 16.6. The average molecular weight is 1590 g/mol. The number of nitrogens with zero attached hydrogens (tertiary/aromatic N) is 14. The molecule has 10 aromatic heterocycles. The number of nitrogens with two attached hydrogens (primary N) is 1. The number of nitro groups is 1. The molecule has 17 rings (SSSR count). The van der Waals surface area contributed by atoms with E-state index in [1.165, 1.54) is 34.7 Å². The fraction of sp³-hybridized carbons (Fsp3) is 0.236. The van der Waals surface area contributed by atoms with Crippen LogP contribution in [0.25, 0.3) is 122 Å². The molecule has 10 heterocycles. The molecule has 17 aromatic rings. The molecule has 4 N–H and O–H groups in total. The van der Waals surface area contributed by atoms with Crippen LogP contribution in [0.3, 0.4) is 0 Å². The lowest BCUT2D eigenvalue weighted by molar-refractivity contribution is -0.384. The van der Waals surface area contributed by atoms with Gasteiger partial charge in [-0.15, -0.1) is 10.2 Å². The minimum atomic E-state index is -0.675. The van der Waals surface area contributed by atoms with Crippen molar-refractivity contribution in [3.8, 4) is 97.4 Å². The zero-order valence-electron chi connectivity index (χ0n) is 67.9. The number of anilines is 2. The van der Waals surface area contributed by atoms with Crippen molar-refractivity contribution < 1.29 is 51.6 Å². The molecule has 0 radical (unpaired) electrons. The van der Waals surface area contributed by atoms with E-state index in [4.69, 9.17) is 47.6 Å². The molecular formula is C89H91N17O12. The molecule has 0 fully saturated rings. The number of carbonyl (C=O) groups is 1. The van der Waals surface area contributed by atoms with Gasteiger partial charge in [0, 0.05) is 186 Å². The van der Waals surface area contributed by atoms with Crippen LogP contribution >= 0.6 is 0 Å². The monoisotopic (exact) mass is 1590 g/mol. The number of hydrogen-bond donors (Lipinski definition) is 3. The van der Waals surface area contributed by atoms with Gasteiger partial charge in [0.2, 0.25) is 11.8 Å². The summed E-state index contributed by atoms with van der Waals surface area (Å²) in [4.78, 5) is 22.0. The number of fused-ring (bicyclic) bond motifs is 6. The Kier molecular flexibility index (Phi) is 26.4. The molecule has 0 saturated heterocycles. The summed E-state index contributed by atoms with van der Waals surface area (Å²) in [6.45, 7) is 21.0. The van der Waals surface area contributed by atoms with Crippen LogP contribution in [0.15, 0.2) is 209 Å². The summed E-state index contributed by atoms with van der Waals surface area (Å²) in [5.74, 6) is 6.53. The Bertz CT molecular complexity index is 6120. The van der Waals surface area contributed by atoms with Gasteiger partial charge in [-0.2, -0.15) is 15.6 Å². The maximum atomic E-state index is 11.6. The highest BCUT2D eigenvalue weighted by Crippen LogP contribution is 2.40. The van der Waals surface area contributed by atoms with Crippen LogP contribution in [-0.4, -0.2) is 111 Å². The number of hydrogen-bond acceptors (Lipinski definition) is 20. The predicted octanol–water partition coefficient (Wildman–Crippen LogP) is 19.8. The zero-order valence-corrected chi connectivity index (χ0v) is 67.9. The lowest BCUT2D eigenvalue weighted by Gasteiger charge is -2.09. The Hall–Kier alpha value is -15.0. The number of nitrogens with one attached hydrogen (secondary N) is 2. The number of amides is 1. The first-order valence-corrected chi connectivity index (χ1v) is 38.4. The second-order valence-corrected chi connectivity index (χ2v) is 26.4. The molecule has 0 aliphatic heterocycles. The molecule has 7 aromatic carbocycles. The summed E-state index contributed by atoms with van der Waals surface area (Å²) < 4.78 is 59.6. The average Bonchev–Trinajstić information content (AvgIpc) is 1.63. The van der Waals surface area contributed by atoms with Gasteiger partial charge in [0.05, 0.1) is 109 Å². The second kappa shape index (κ2) is 37.8. The number of H-pyrrole nitrogens is 1. The number of nitro benzene ring substituents is 1. The van der Waals surface area contributed by atoms with Gasteiger partial charge in [-0.1, -0.05) is 29.4 Å². The number of methoxy groups -OCH3 is 5. The fourth-order valence-electron chi connectivity index (χ4n) is 14.2. The molecule has 0 unspecified atom stereocenters. The number of nitriles is 2. The lowest BCUT2D eigenvalue weighted by atomic mass is 10.1. The molecule has 0 bridgehead atoms. The quantitative estimate of drug-likeness (QED) is 0.0362. The fourth-order valence-corrected chi connectivity index (χ4v) is 14.2. The summed E-state index contributed by atoms with van der Waals surface area (Å²) >= 11 is 0. The van der Waals surface area contributed by atoms with Crippen LogP contribution in [0.2, 0.25) is 0 Å². The summed E-state index contributed by atoms with van der Waals surface area (Å²) in [6.07, 6.45) is 13.5. The van der Waals surface area contributed by atoms with Crippen molar-refractivity contribution in [2.45, 2.75) is 101 Å². The molecule has 0 aliphatic carbocycles. The molecule has 0 saturated carbocycles. The number of aryl methyl sites for hydroxylation is 7. The highest BCUT2D eigenvalue weighted by molar-refractivity contribution is 6.01. The van der Waals surface area contributed by atoms with Crippen molar-refractivity contribution in [3.05, 3.63) is 222 Å². The number of rotatable bonds is 20. The second-order valence-electron chi connectivity index (χ2n) is 26.4. The summed E-state index contributed by atoms with van der Waals surface area (Å²) in [5, 5.41) is 61.5. The molecule has 0 atom stereocenters. The Morgan fingerprint density at radius 1 is 0.534 bits per heavy atom. The van der Waals surface area contributed by atoms with Gasteiger partial charge in [0.1, 0.15) is 64.2 Å². The van der Waals surface area contributed by atoms with Crippen LogP contribution < -0.4 is 34.7 Å². The van der Waals surface area contributed by atoms with Crippen molar-refractivity contribution >= 4 is 88.7 Å². The zero-order chi connectivity index (χ0) is 83.7. The molecule has 0 aliphatic rings. The Morgan fingerprint density at radius 3 is 1.47 bits per heavy atom. The summed E-state index contributed by atoms with van der Waals surface area (Å²) in [5.41, 5.74) is 21.5. The lowest BCUT2D eigenvalue weighted by Crippen LogP contribution is -2.16. The summed E-state index contributed by atoms with van der Waals surface area (Å²) in [7, 11) is 8.37. The first-order chi connectivity index (χ1) is 57.5. The first-order valence-electron chi connectivity index (χ1n) is 38.4. The maximum Gasteiger partial charge on any atom is 0.412 e. The van der Waals surface area contributed by atoms with Crippen LogP contribution in [0, 0.1) is 32.8 Å². The number of carbonyl (C=O) groups excluding carboxylic acids is 1. The van der Waals surface area contributed by atoms with E-state index in [0.717, 1.165) is 157 Å². The van der Waals surface area contributed by atoms with E-state index in [2.05, 4.69) is 149 Å². The van der Waals surface area contributed by atoms with Gasteiger partial charge in [-0.3, -0.25) is 20.5 Å². The van der Waals surface area contributed by atoms with E-state index in [-0.39, 0.29) is 23.7 Å². The van der Waals surface area contributed by atoms with Gasteiger partial charge in [-0.25, -0.2) is 4.79 Å². The topological polar surface area (TPSA) is 350 Å². The standard InChI is InChI=1S/C18H17N3O.C15H17N3O2.C14H14N4O4.C14H15N3O.2C14H14N2O2/c1-3-21-17-10-14(22-2)8-9-15(17)16(11-19)18(21)12-4-6-13(20)7-5-12;1-4-14-16-17-15(20-14)12-9-18(5-2)13-8-10(19-3)6-7-11(12)13;1-3-17-12-7-9(18(20)21)5-6-10(12)11(8-15)13(17)16-14(19)22-4-2;1-3-17-9-12(13-6-7-15-16-13)11-5-4-10(18-2)8-14(11)17;1-3-16-9-12(14-6-7-15-18-14)11-5-4-10(17-2)8-13(11)16;1-3-16-9-12(13-6-7-18-15-13)11-5-4-10(17-2)8-14(11)16/h4-10H,3,20H2,1-2H3;6-9H,4-5H2,1-3H3;5-7H,3-4H2,1-2H3,(H,16,19);4-9H,3H2,1-2H3,(H,15,16);2*4-9H,3H2,1-2H3. The predicted molar refractivity (Wildman–Crippen MR) is 456 cm³/mol. The maximum absolute atomic E-state index is 11.6. The van der Waals surface area contributed by atoms with Crippen LogP contribution in [0.1, 0.15) is 72.4 Å². The van der Waals surface area contributed by atoms with Crippen molar-refractivity contribution in [3.63, 3.8) is 0 Å². The molecular weight excluding hydrogens is 1500 g/mol. The van der Waals surface area contributed by atoms with Crippen molar-refractivity contribution in [2.75, 3.05) is 53.2 Å². The van der Waals surface area contributed by atoms with Gasteiger partial charge < -0.3 is 75.0 Å². The van der Waals surface area contributed by atoms with E-state index in [9.17, 15) is 25.4 Å². The van der Waals surface area contributed by atoms with E-state index < -0.39 is 11.0 Å².